The van der Waals surface area contributed by atoms with Crippen molar-refractivity contribution in [1.82, 2.24) is 10.2 Å². The van der Waals surface area contributed by atoms with Gasteiger partial charge in [-0.15, -0.1) is 12.4 Å². The van der Waals surface area contributed by atoms with E-state index < -0.39 is 0 Å². The van der Waals surface area contributed by atoms with Gasteiger partial charge in [0.25, 0.3) is 0 Å². The van der Waals surface area contributed by atoms with Crippen molar-refractivity contribution in [2.24, 2.45) is 11.8 Å². The SMILES string of the molecule is CC1CC1CN1CCC2CCC(C1)N2.Cl. The molecule has 2 bridgehead atoms. The van der Waals surface area contributed by atoms with Gasteiger partial charge in [-0.1, -0.05) is 6.92 Å². The first-order chi connectivity index (χ1) is 6.81. The van der Waals surface area contributed by atoms with E-state index in [9.17, 15) is 0 Å². The minimum Gasteiger partial charge on any atom is -0.310 e. The Morgan fingerprint density at radius 3 is 2.67 bits per heavy atom. The Labute approximate surface area is 99.2 Å². The van der Waals surface area contributed by atoms with Gasteiger partial charge in [-0.3, -0.25) is 0 Å². The van der Waals surface area contributed by atoms with Gasteiger partial charge in [-0.2, -0.15) is 0 Å². The zero-order chi connectivity index (χ0) is 9.54. The summed E-state index contributed by atoms with van der Waals surface area (Å²) in [6.07, 6.45) is 5.72. The average molecular weight is 231 g/mol. The summed E-state index contributed by atoms with van der Waals surface area (Å²) in [7, 11) is 0. The number of nitrogens with one attached hydrogen (secondary N) is 1. The number of halogens is 1. The first-order valence-electron chi connectivity index (χ1n) is 6.29. The number of likely N-dealkylation sites (tertiary alicyclic amines) is 1. The number of hydrogen-bond donors (Lipinski definition) is 1. The highest BCUT2D eigenvalue weighted by Crippen LogP contribution is 2.38. The molecule has 2 heterocycles. The minimum atomic E-state index is 0. The number of nitrogens with zero attached hydrogens (tertiary/aromatic N) is 1. The smallest absolute Gasteiger partial charge is 0.0198 e. The lowest BCUT2D eigenvalue weighted by Crippen LogP contribution is -2.36. The van der Waals surface area contributed by atoms with Gasteiger partial charge in [-0.25, -0.2) is 0 Å². The first-order valence-corrected chi connectivity index (χ1v) is 6.29. The summed E-state index contributed by atoms with van der Waals surface area (Å²) in [6, 6.07) is 1.66. The van der Waals surface area contributed by atoms with E-state index in [1.807, 2.05) is 0 Å². The lowest BCUT2D eigenvalue weighted by Gasteiger charge is -2.23. The summed E-state index contributed by atoms with van der Waals surface area (Å²) in [6.45, 7) is 6.44. The molecule has 4 unspecified atom stereocenters. The van der Waals surface area contributed by atoms with Gasteiger partial charge < -0.3 is 10.2 Å². The van der Waals surface area contributed by atoms with Crippen LogP contribution in [0.2, 0.25) is 0 Å². The maximum Gasteiger partial charge on any atom is 0.0198 e. The predicted octanol–water partition coefficient (Wildman–Crippen LogP) is 1.89. The Balaban J connectivity index is 0.000000853. The fourth-order valence-corrected chi connectivity index (χ4v) is 3.17. The van der Waals surface area contributed by atoms with Gasteiger partial charge in [0, 0.05) is 25.2 Å². The Kier molecular flexibility index (Phi) is 3.59. The van der Waals surface area contributed by atoms with Gasteiger partial charge in [0.05, 0.1) is 0 Å². The maximum absolute atomic E-state index is 3.75. The van der Waals surface area contributed by atoms with Crippen LogP contribution < -0.4 is 5.32 Å². The summed E-state index contributed by atoms with van der Waals surface area (Å²) in [5.74, 6) is 2.05. The molecule has 2 aliphatic heterocycles. The largest absolute Gasteiger partial charge is 0.310 e. The highest BCUT2D eigenvalue weighted by atomic mass is 35.5. The molecular weight excluding hydrogens is 208 g/mol. The van der Waals surface area contributed by atoms with Crippen LogP contribution in [0.15, 0.2) is 0 Å². The van der Waals surface area contributed by atoms with Crippen LogP contribution in [0.5, 0.6) is 0 Å². The molecule has 0 radical (unpaired) electrons. The van der Waals surface area contributed by atoms with Crippen molar-refractivity contribution in [2.75, 3.05) is 19.6 Å². The van der Waals surface area contributed by atoms with Crippen LogP contribution in [-0.4, -0.2) is 36.6 Å². The molecule has 2 saturated heterocycles. The molecule has 3 aliphatic rings. The third-order valence-corrected chi connectivity index (χ3v) is 4.38. The molecule has 1 saturated carbocycles. The maximum atomic E-state index is 3.75. The average Bonchev–Trinajstić information content (AvgIpc) is 2.68. The molecule has 0 spiro atoms. The first kappa shape index (κ1) is 11.7. The van der Waals surface area contributed by atoms with Crippen molar-refractivity contribution in [3.05, 3.63) is 0 Å². The van der Waals surface area contributed by atoms with Crippen molar-refractivity contribution in [3.8, 4) is 0 Å². The van der Waals surface area contributed by atoms with Crippen LogP contribution in [-0.2, 0) is 0 Å². The zero-order valence-corrected chi connectivity index (χ0v) is 10.4. The normalized spacial score (nSPS) is 44.6. The summed E-state index contributed by atoms with van der Waals surface area (Å²) >= 11 is 0. The van der Waals surface area contributed by atoms with Crippen LogP contribution in [0.4, 0.5) is 0 Å². The van der Waals surface area contributed by atoms with E-state index in [2.05, 4.69) is 17.1 Å². The molecule has 1 N–H and O–H groups in total. The Morgan fingerprint density at radius 1 is 1.20 bits per heavy atom. The van der Waals surface area contributed by atoms with E-state index in [1.165, 1.54) is 45.3 Å². The van der Waals surface area contributed by atoms with Gasteiger partial charge in [0.15, 0.2) is 0 Å². The van der Waals surface area contributed by atoms with Gasteiger partial charge in [0.1, 0.15) is 0 Å². The van der Waals surface area contributed by atoms with Gasteiger partial charge in [-0.05, 0) is 44.1 Å². The van der Waals surface area contributed by atoms with Crippen LogP contribution in [0.25, 0.3) is 0 Å². The van der Waals surface area contributed by atoms with Crippen LogP contribution in [0.1, 0.15) is 32.6 Å². The van der Waals surface area contributed by atoms with E-state index in [-0.39, 0.29) is 12.4 Å². The lowest BCUT2D eigenvalue weighted by atomic mass is 10.1. The fraction of sp³-hybridized carbons (Fsp3) is 1.00. The zero-order valence-electron chi connectivity index (χ0n) is 9.61. The minimum absolute atomic E-state index is 0. The Hall–Kier alpha value is 0.210. The van der Waals surface area contributed by atoms with Crippen molar-refractivity contribution in [1.29, 1.82) is 0 Å². The highest BCUT2D eigenvalue weighted by Gasteiger charge is 2.36. The third-order valence-electron chi connectivity index (χ3n) is 4.38. The van der Waals surface area contributed by atoms with Crippen molar-refractivity contribution in [2.45, 2.75) is 44.7 Å². The standard InChI is InChI=1S/C12H22N2.ClH/c1-9-6-10(9)7-14-5-4-11-2-3-12(8-14)13-11;/h9-13H,2-8H2,1H3;1H. The predicted molar refractivity (Wildman–Crippen MR) is 65.5 cm³/mol. The second-order valence-corrected chi connectivity index (χ2v) is 5.66. The van der Waals surface area contributed by atoms with Gasteiger partial charge in [0.2, 0.25) is 0 Å². The molecule has 0 aromatic heterocycles. The summed E-state index contributed by atoms with van der Waals surface area (Å²) in [5.41, 5.74) is 0. The summed E-state index contributed by atoms with van der Waals surface area (Å²) < 4.78 is 0. The summed E-state index contributed by atoms with van der Waals surface area (Å²) in [4.78, 5) is 2.71. The van der Waals surface area contributed by atoms with Crippen molar-refractivity contribution >= 4 is 12.4 Å². The molecule has 3 rings (SSSR count). The fourth-order valence-electron chi connectivity index (χ4n) is 3.17. The molecule has 88 valence electrons. The molecule has 3 fully saturated rings. The molecule has 15 heavy (non-hydrogen) atoms. The molecule has 4 atom stereocenters. The molecule has 0 aromatic rings. The van der Waals surface area contributed by atoms with Crippen LogP contribution in [0.3, 0.4) is 0 Å². The van der Waals surface area contributed by atoms with Gasteiger partial charge >= 0.3 is 0 Å². The topological polar surface area (TPSA) is 15.3 Å². The highest BCUT2D eigenvalue weighted by molar-refractivity contribution is 5.85. The third kappa shape index (κ3) is 2.66. The van der Waals surface area contributed by atoms with E-state index in [4.69, 9.17) is 0 Å². The van der Waals surface area contributed by atoms with Crippen molar-refractivity contribution < 1.29 is 0 Å². The summed E-state index contributed by atoms with van der Waals surface area (Å²) in [5, 5.41) is 3.75. The Morgan fingerprint density at radius 2 is 1.93 bits per heavy atom. The number of fused-ring (bicyclic) bond motifs is 2. The monoisotopic (exact) mass is 230 g/mol. The molecule has 0 aromatic carbocycles. The second kappa shape index (κ2) is 4.60. The molecule has 0 amide bonds. The second-order valence-electron chi connectivity index (χ2n) is 5.66. The molecular formula is C12H23ClN2. The molecule has 2 nitrogen and oxygen atoms in total. The van der Waals surface area contributed by atoms with Crippen LogP contribution >= 0.6 is 12.4 Å². The Bertz CT molecular complexity index is 222. The van der Waals surface area contributed by atoms with E-state index in [0.717, 1.165) is 23.9 Å². The molecule has 3 heteroatoms. The van der Waals surface area contributed by atoms with E-state index in [1.54, 1.807) is 0 Å². The molecule has 1 aliphatic carbocycles. The van der Waals surface area contributed by atoms with Crippen molar-refractivity contribution in [3.63, 3.8) is 0 Å². The van der Waals surface area contributed by atoms with E-state index in [0.29, 0.717) is 0 Å². The quantitative estimate of drug-likeness (QED) is 0.780. The lowest BCUT2D eigenvalue weighted by molar-refractivity contribution is 0.245. The number of hydrogen-bond acceptors (Lipinski definition) is 2. The number of rotatable bonds is 2. The van der Waals surface area contributed by atoms with Crippen LogP contribution in [0, 0.1) is 11.8 Å². The van der Waals surface area contributed by atoms with E-state index >= 15 is 0 Å².